The maximum absolute atomic E-state index is 12.1. The zero-order chi connectivity index (χ0) is 14.3. The van der Waals surface area contributed by atoms with Crippen LogP contribution in [0.1, 0.15) is 30.7 Å². The van der Waals surface area contributed by atoms with Gasteiger partial charge in [-0.25, -0.2) is 0 Å². The van der Waals surface area contributed by atoms with Crippen molar-refractivity contribution in [1.29, 1.82) is 0 Å². The summed E-state index contributed by atoms with van der Waals surface area (Å²) >= 11 is 3.33. The van der Waals surface area contributed by atoms with E-state index in [0.717, 1.165) is 10.0 Å². The third-order valence-electron chi connectivity index (χ3n) is 3.70. The van der Waals surface area contributed by atoms with Crippen molar-refractivity contribution in [2.45, 2.75) is 31.4 Å². The molecule has 0 spiro atoms. The van der Waals surface area contributed by atoms with Crippen LogP contribution in [-0.4, -0.2) is 16.9 Å². The fourth-order valence-electron chi connectivity index (χ4n) is 2.83. The molecule has 5 nitrogen and oxygen atoms in total. The second-order valence-corrected chi connectivity index (χ2v) is 5.85. The van der Waals surface area contributed by atoms with Crippen LogP contribution in [0.25, 0.3) is 0 Å². The summed E-state index contributed by atoms with van der Waals surface area (Å²) in [4.78, 5) is 22.9. The van der Waals surface area contributed by atoms with Gasteiger partial charge in [0.2, 0.25) is 0 Å². The molecule has 0 unspecified atom stereocenters. The predicted molar refractivity (Wildman–Crippen MR) is 74.6 cm³/mol. The van der Waals surface area contributed by atoms with Gasteiger partial charge in [0.15, 0.2) is 5.78 Å². The minimum absolute atomic E-state index is 0.0245. The summed E-state index contributed by atoms with van der Waals surface area (Å²) in [6.07, 6.45) is 0.566. The van der Waals surface area contributed by atoms with Gasteiger partial charge in [-0.15, -0.1) is 0 Å². The minimum atomic E-state index is -1.19. The number of halogens is 1. The average Bonchev–Trinajstić information content (AvgIpc) is 2.81. The number of allylic oxidation sites excluding steroid dienone is 1. The molecule has 3 rings (SSSR count). The molecule has 0 fully saturated rings. The lowest BCUT2D eigenvalue weighted by Crippen LogP contribution is -2.27. The second kappa shape index (κ2) is 5.01. The Balaban J connectivity index is 2.07. The predicted octanol–water partition coefficient (Wildman–Crippen LogP) is 3.17. The highest BCUT2D eigenvalue weighted by molar-refractivity contribution is 9.10. The van der Waals surface area contributed by atoms with Crippen molar-refractivity contribution in [1.82, 2.24) is 0 Å². The van der Waals surface area contributed by atoms with Crippen molar-refractivity contribution in [3.8, 4) is 0 Å². The van der Waals surface area contributed by atoms with Crippen LogP contribution in [0, 0.1) is 10.1 Å². The van der Waals surface area contributed by atoms with E-state index in [1.807, 2.05) is 12.1 Å². The summed E-state index contributed by atoms with van der Waals surface area (Å²) < 4.78 is 6.33. The summed E-state index contributed by atoms with van der Waals surface area (Å²) in [7, 11) is 0. The van der Waals surface area contributed by atoms with Gasteiger partial charge < -0.3 is 4.74 Å². The minimum Gasteiger partial charge on any atom is -0.433 e. The first-order valence-electron chi connectivity index (χ1n) is 6.40. The van der Waals surface area contributed by atoms with Gasteiger partial charge in [0, 0.05) is 17.3 Å². The molecule has 0 N–H and O–H groups in total. The molecule has 0 amide bonds. The Hall–Kier alpha value is -1.69. The van der Waals surface area contributed by atoms with E-state index in [9.17, 15) is 14.9 Å². The van der Waals surface area contributed by atoms with Crippen LogP contribution >= 0.6 is 15.9 Å². The largest absolute Gasteiger partial charge is 0.433 e. The van der Waals surface area contributed by atoms with E-state index in [-0.39, 0.29) is 5.78 Å². The van der Waals surface area contributed by atoms with Gasteiger partial charge in [-0.2, -0.15) is 0 Å². The van der Waals surface area contributed by atoms with Crippen LogP contribution in [-0.2, 0) is 9.53 Å². The van der Waals surface area contributed by atoms with Crippen molar-refractivity contribution >= 4 is 21.7 Å². The number of hydrogen-bond acceptors (Lipinski definition) is 4. The molecule has 0 saturated carbocycles. The van der Waals surface area contributed by atoms with Crippen LogP contribution in [0.3, 0.4) is 0 Å². The molecular weight excluding hydrogens is 326 g/mol. The summed E-state index contributed by atoms with van der Waals surface area (Å²) in [5.41, 5.74) is 1.25. The molecule has 104 valence electrons. The molecule has 0 radical (unpaired) electrons. The number of ketones is 1. The van der Waals surface area contributed by atoms with E-state index in [4.69, 9.17) is 4.74 Å². The van der Waals surface area contributed by atoms with Crippen LogP contribution in [0.15, 0.2) is 40.1 Å². The number of rotatable bonds is 2. The van der Waals surface area contributed by atoms with E-state index in [2.05, 4.69) is 15.9 Å². The Labute approximate surface area is 123 Å². The van der Waals surface area contributed by atoms with Crippen molar-refractivity contribution in [2.24, 2.45) is 0 Å². The van der Waals surface area contributed by atoms with Crippen LogP contribution in [0.4, 0.5) is 0 Å². The highest BCUT2D eigenvalue weighted by atomic mass is 79.9. The normalized spacial score (nSPS) is 25.4. The SMILES string of the molecule is O=C1CCCC2=C1[C@@H](c1ccc(Br)cc1)[C@H]([N+](=O)[O-])O2. The van der Waals surface area contributed by atoms with Gasteiger partial charge >= 0.3 is 6.23 Å². The van der Waals surface area contributed by atoms with Crippen LogP contribution in [0.5, 0.6) is 0 Å². The Morgan fingerprint density at radius 3 is 2.60 bits per heavy atom. The first kappa shape index (κ1) is 13.3. The summed E-state index contributed by atoms with van der Waals surface area (Å²) in [6, 6.07) is 7.23. The van der Waals surface area contributed by atoms with E-state index < -0.39 is 17.1 Å². The van der Waals surface area contributed by atoms with Gasteiger partial charge in [0.25, 0.3) is 0 Å². The first-order chi connectivity index (χ1) is 9.58. The van der Waals surface area contributed by atoms with E-state index >= 15 is 0 Å². The lowest BCUT2D eigenvalue weighted by molar-refractivity contribution is -0.570. The summed E-state index contributed by atoms with van der Waals surface area (Å²) in [5, 5.41) is 11.2. The lowest BCUT2D eigenvalue weighted by atomic mass is 9.84. The zero-order valence-electron chi connectivity index (χ0n) is 10.5. The number of nitrogens with zero attached hydrogens (tertiary/aromatic N) is 1. The zero-order valence-corrected chi connectivity index (χ0v) is 12.1. The Kier molecular flexibility index (Phi) is 3.33. The molecule has 2 atom stereocenters. The van der Waals surface area contributed by atoms with Crippen molar-refractivity contribution in [3.05, 3.63) is 55.7 Å². The quantitative estimate of drug-likeness (QED) is 0.613. The molecule has 2 aliphatic rings. The van der Waals surface area contributed by atoms with Gasteiger partial charge in [0.1, 0.15) is 11.7 Å². The summed E-state index contributed by atoms with van der Waals surface area (Å²) in [5.74, 6) is -0.111. The molecule has 1 aliphatic heterocycles. The smallest absolute Gasteiger partial charge is 0.364 e. The third kappa shape index (κ3) is 2.14. The number of hydrogen-bond donors (Lipinski definition) is 0. The van der Waals surface area contributed by atoms with Gasteiger partial charge in [-0.3, -0.25) is 14.9 Å². The molecule has 20 heavy (non-hydrogen) atoms. The molecule has 1 heterocycles. The Morgan fingerprint density at radius 2 is 1.95 bits per heavy atom. The first-order valence-corrected chi connectivity index (χ1v) is 7.19. The molecule has 0 aromatic heterocycles. The van der Waals surface area contributed by atoms with Crippen LogP contribution in [0.2, 0.25) is 0 Å². The maximum Gasteiger partial charge on any atom is 0.364 e. The highest BCUT2D eigenvalue weighted by Crippen LogP contribution is 2.44. The number of nitro groups is 1. The topological polar surface area (TPSA) is 69.4 Å². The number of Topliss-reactive ketones (excluding diaryl/α,β-unsaturated/α-hetero) is 1. The van der Waals surface area contributed by atoms with Crippen molar-refractivity contribution < 1.29 is 14.5 Å². The Bertz CT molecular complexity index is 608. The number of carbonyl (C=O) groups is 1. The van der Waals surface area contributed by atoms with Gasteiger partial charge in [0.05, 0.1) is 10.5 Å². The Morgan fingerprint density at radius 1 is 1.25 bits per heavy atom. The standard InChI is InChI=1S/C14H12BrNO4/c15-9-6-4-8(5-7-9)12-13-10(17)2-1-3-11(13)20-14(12)16(18)19/h4-7,12,14H,1-3H2/t12-,14-/m1/s1. The number of carbonyl (C=O) groups excluding carboxylic acids is 1. The molecule has 1 aromatic carbocycles. The molecule has 1 aliphatic carbocycles. The molecule has 1 aromatic rings. The second-order valence-electron chi connectivity index (χ2n) is 4.94. The molecular formula is C14H12BrNO4. The molecule has 6 heteroatoms. The lowest BCUT2D eigenvalue weighted by Gasteiger charge is -2.15. The molecule has 0 saturated heterocycles. The monoisotopic (exact) mass is 337 g/mol. The fourth-order valence-corrected chi connectivity index (χ4v) is 3.09. The number of benzene rings is 1. The van der Waals surface area contributed by atoms with E-state index in [0.29, 0.717) is 30.6 Å². The van der Waals surface area contributed by atoms with E-state index in [1.54, 1.807) is 12.1 Å². The van der Waals surface area contributed by atoms with Crippen LogP contribution < -0.4 is 0 Å². The number of ether oxygens (including phenoxy) is 1. The van der Waals surface area contributed by atoms with Crippen molar-refractivity contribution in [3.63, 3.8) is 0 Å². The van der Waals surface area contributed by atoms with E-state index in [1.165, 1.54) is 0 Å². The third-order valence-corrected chi connectivity index (χ3v) is 4.23. The molecule has 0 bridgehead atoms. The highest BCUT2D eigenvalue weighted by Gasteiger charge is 2.48. The fraction of sp³-hybridized carbons (Fsp3) is 0.357. The van der Waals surface area contributed by atoms with Crippen molar-refractivity contribution in [2.75, 3.05) is 0 Å². The van der Waals surface area contributed by atoms with Gasteiger partial charge in [-0.1, -0.05) is 28.1 Å². The maximum atomic E-state index is 12.1. The summed E-state index contributed by atoms with van der Waals surface area (Å²) in [6.45, 7) is 0. The average molecular weight is 338 g/mol. The van der Waals surface area contributed by atoms with Gasteiger partial charge in [-0.05, 0) is 24.1 Å².